The number of imidazole rings is 1. The van der Waals surface area contributed by atoms with Gasteiger partial charge in [0.15, 0.2) is 0 Å². The van der Waals surface area contributed by atoms with Crippen molar-refractivity contribution in [3.05, 3.63) is 101 Å². The molecule has 0 amide bonds. The van der Waals surface area contributed by atoms with E-state index >= 15 is 0 Å². The summed E-state index contributed by atoms with van der Waals surface area (Å²) in [6.07, 6.45) is 6.74. The average molecular weight is 484 g/mol. The largest absolute Gasteiger partial charge is 0.495 e. The van der Waals surface area contributed by atoms with E-state index in [-0.39, 0.29) is 0 Å². The summed E-state index contributed by atoms with van der Waals surface area (Å²) in [6.45, 7) is 8.48. The second kappa shape index (κ2) is 6.92. The number of aromatic nitrogens is 2. The second-order valence-electron chi connectivity index (χ2n) is 11.7. The van der Waals surface area contributed by atoms with E-state index in [0.717, 1.165) is 29.6 Å². The molecule has 4 aliphatic rings. The molecular weight excluding hydrogens is 455 g/mol. The molecule has 1 spiro atoms. The number of rotatable bonds is 1. The van der Waals surface area contributed by atoms with Gasteiger partial charge >= 0.3 is 7.12 Å². The van der Waals surface area contributed by atoms with Crippen molar-refractivity contribution in [2.75, 3.05) is 0 Å². The minimum Gasteiger partial charge on any atom is -0.399 e. The molecule has 37 heavy (non-hydrogen) atoms. The van der Waals surface area contributed by atoms with Gasteiger partial charge < -0.3 is 9.31 Å². The number of nitrogens with zero attached hydrogens (tertiary/aromatic N) is 2. The highest BCUT2D eigenvalue weighted by Crippen LogP contribution is 2.61. The molecule has 2 aliphatic carbocycles. The van der Waals surface area contributed by atoms with Crippen LogP contribution >= 0.6 is 0 Å². The van der Waals surface area contributed by atoms with Crippen LogP contribution < -0.4 is 5.46 Å². The van der Waals surface area contributed by atoms with Gasteiger partial charge in [0, 0.05) is 5.70 Å². The molecule has 1 aromatic heterocycles. The van der Waals surface area contributed by atoms with Crippen LogP contribution in [-0.4, -0.2) is 27.9 Å². The predicted molar refractivity (Wildman–Crippen MR) is 149 cm³/mol. The predicted octanol–water partition coefficient (Wildman–Crippen LogP) is 6.23. The lowest BCUT2D eigenvalue weighted by Gasteiger charge is -2.32. The van der Waals surface area contributed by atoms with Crippen molar-refractivity contribution in [3.8, 4) is 11.1 Å². The summed E-state index contributed by atoms with van der Waals surface area (Å²) in [7, 11) is -0.432. The van der Waals surface area contributed by atoms with Crippen molar-refractivity contribution < 1.29 is 9.31 Å². The van der Waals surface area contributed by atoms with Gasteiger partial charge in [0.25, 0.3) is 0 Å². The molecule has 3 heterocycles. The SMILES string of the molecule is CC1(C)OB(c2cccc3c2-c2ccccc2C32C3=C(CCC=C3)n3c2nc2ccccc23)OC1(C)C. The summed E-state index contributed by atoms with van der Waals surface area (Å²) in [5.41, 5.74) is 9.82. The third-order valence-corrected chi connectivity index (χ3v) is 9.32. The Morgan fingerprint density at radius 3 is 2.41 bits per heavy atom. The molecule has 3 aromatic carbocycles. The van der Waals surface area contributed by atoms with E-state index in [4.69, 9.17) is 14.3 Å². The molecule has 0 saturated carbocycles. The Morgan fingerprint density at radius 2 is 1.57 bits per heavy atom. The summed E-state index contributed by atoms with van der Waals surface area (Å²) in [5, 5.41) is 0. The second-order valence-corrected chi connectivity index (χ2v) is 11.7. The van der Waals surface area contributed by atoms with Crippen molar-refractivity contribution in [2.24, 2.45) is 0 Å². The molecule has 4 aromatic rings. The maximum Gasteiger partial charge on any atom is 0.495 e. The fraction of sp³-hybridized carbons (Fsp3) is 0.281. The third-order valence-electron chi connectivity index (χ3n) is 9.32. The van der Waals surface area contributed by atoms with Crippen LogP contribution in [0.4, 0.5) is 0 Å². The molecule has 2 aliphatic heterocycles. The van der Waals surface area contributed by atoms with Crippen molar-refractivity contribution in [2.45, 2.75) is 57.2 Å². The zero-order valence-corrected chi connectivity index (χ0v) is 21.7. The van der Waals surface area contributed by atoms with Gasteiger partial charge in [0.2, 0.25) is 0 Å². The summed E-state index contributed by atoms with van der Waals surface area (Å²) in [5.74, 6) is 1.10. The maximum absolute atomic E-state index is 6.60. The van der Waals surface area contributed by atoms with E-state index in [1.54, 1.807) is 0 Å². The van der Waals surface area contributed by atoms with Crippen molar-refractivity contribution >= 4 is 29.3 Å². The zero-order valence-electron chi connectivity index (χ0n) is 21.7. The highest BCUT2D eigenvalue weighted by molar-refractivity contribution is 6.64. The van der Waals surface area contributed by atoms with Gasteiger partial charge in [-0.15, -0.1) is 0 Å². The number of hydrogen-bond acceptors (Lipinski definition) is 3. The molecule has 5 heteroatoms. The molecule has 1 atom stereocenters. The van der Waals surface area contributed by atoms with E-state index in [0.29, 0.717) is 0 Å². The van der Waals surface area contributed by atoms with Crippen LogP contribution in [0.5, 0.6) is 0 Å². The minimum atomic E-state index is -0.461. The van der Waals surface area contributed by atoms with E-state index < -0.39 is 23.7 Å². The van der Waals surface area contributed by atoms with Gasteiger partial charge in [0.1, 0.15) is 11.2 Å². The first kappa shape index (κ1) is 21.7. The highest BCUT2D eigenvalue weighted by atomic mass is 16.7. The summed E-state index contributed by atoms with van der Waals surface area (Å²) < 4.78 is 15.6. The minimum absolute atomic E-state index is 0.403. The first-order valence-corrected chi connectivity index (χ1v) is 13.3. The smallest absolute Gasteiger partial charge is 0.399 e. The van der Waals surface area contributed by atoms with Crippen molar-refractivity contribution in [1.82, 2.24) is 9.55 Å². The third kappa shape index (κ3) is 2.49. The molecule has 4 nitrogen and oxygen atoms in total. The van der Waals surface area contributed by atoms with Gasteiger partial charge in [-0.1, -0.05) is 66.7 Å². The van der Waals surface area contributed by atoms with E-state index in [9.17, 15) is 0 Å². The maximum atomic E-state index is 6.60. The Morgan fingerprint density at radius 1 is 0.838 bits per heavy atom. The van der Waals surface area contributed by atoms with Crippen LogP contribution in [0.25, 0.3) is 27.9 Å². The first-order valence-electron chi connectivity index (χ1n) is 13.3. The number of para-hydroxylation sites is 2. The van der Waals surface area contributed by atoms with Gasteiger partial charge in [-0.2, -0.15) is 0 Å². The van der Waals surface area contributed by atoms with Crippen LogP contribution in [0, 0.1) is 0 Å². The van der Waals surface area contributed by atoms with Crippen LogP contribution in [0.1, 0.15) is 57.5 Å². The van der Waals surface area contributed by atoms with E-state index in [2.05, 4.69) is 111 Å². The Kier molecular flexibility index (Phi) is 4.05. The molecular formula is C32H29BN2O2. The van der Waals surface area contributed by atoms with Crippen LogP contribution in [-0.2, 0) is 14.7 Å². The topological polar surface area (TPSA) is 36.3 Å². The van der Waals surface area contributed by atoms with E-state index in [1.165, 1.54) is 39.0 Å². The monoisotopic (exact) mass is 484 g/mol. The Labute approximate surface area is 217 Å². The Bertz CT molecular complexity index is 1690. The Balaban J connectivity index is 1.47. The zero-order chi connectivity index (χ0) is 25.2. The molecule has 0 bridgehead atoms. The van der Waals surface area contributed by atoms with Gasteiger partial charge in [-0.25, -0.2) is 4.98 Å². The summed E-state index contributed by atoms with van der Waals surface area (Å²) in [6, 6.07) is 24.1. The molecule has 8 rings (SSSR count). The number of benzene rings is 3. The number of fused-ring (bicyclic) bond motifs is 11. The highest BCUT2D eigenvalue weighted by Gasteiger charge is 2.58. The van der Waals surface area contributed by atoms with Gasteiger partial charge in [0.05, 0.1) is 22.2 Å². The lowest BCUT2D eigenvalue weighted by Crippen LogP contribution is -2.41. The lowest BCUT2D eigenvalue weighted by molar-refractivity contribution is 0.00578. The normalized spacial score (nSPS) is 24.1. The summed E-state index contributed by atoms with van der Waals surface area (Å²) in [4.78, 5) is 5.35. The quantitative estimate of drug-likeness (QED) is 0.301. The standard InChI is InChI=1S/C32H29BN2O2/c1-30(2)31(3,4)37-33(36-30)24-16-11-15-23-28(24)20-12-5-6-13-21(20)32(23)22-14-7-9-18-26(22)35-27-19-10-8-17-25(27)34-29(32)35/h5-8,10-17,19H,9,18H2,1-4H3. The van der Waals surface area contributed by atoms with Crippen LogP contribution in [0.15, 0.2) is 84.5 Å². The van der Waals surface area contributed by atoms with Gasteiger partial charge in [-0.05, 0) is 86.0 Å². The average Bonchev–Trinajstić information content (AvgIpc) is 3.56. The van der Waals surface area contributed by atoms with Crippen LogP contribution in [0.2, 0.25) is 0 Å². The number of allylic oxidation sites excluding steroid dienone is 4. The lowest BCUT2D eigenvalue weighted by atomic mass is 9.69. The molecule has 1 fully saturated rings. The molecule has 0 N–H and O–H groups in total. The fourth-order valence-electron chi connectivity index (χ4n) is 6.95. The summed E-state index contributed by atoms with van der Waals surface area (Å²) >= 11 is 0. The van der Waals surface area contributed by atoms with E-state index in [1.807, 2.05) is 0 Å². The van der Waals surface area contributed by atoms with Crippen molar-refractivity contribution in [1.29, 1.82) is 0 Å². The fourth-order valence-corrected chi connectivity index (χ4v) is 6.95. The molecule has 182 valence electrons. The Hall–Kier alpha value is -3.41. The van der Waals surface area contributed by atoms with Crippen molar-refractivity contribution in [3.63, 3.8) is 0 Å². The number of hydrogen-bond donors (Lipinski definition) is 0. The van der Waals surface area contributed by atoms with Crippen LogP contribution in [0.3, 0.4) is 0 Å². The molecule has 1 unspecified atom stereocenters. The molecule has 1 saturated heterocycles. The first-order chi connectivity index (χ1) is 17.8. The van der Waals surface area contributed by atoms with Gasteiger partial charge in [-0.3, -0.25) is 4.57 Å². The molecule has 0 radical (unpaired) electrons.